The van der Waals surface area contributed by atoms with Crippen LogP contribution in [0.25, 0.3) is 11.2 Å². The van der Waals surface area contributed by atoms with Crippen molar-refractivity contribution in [1.29, 1.82) is 0 Å². The Hall–Kier alpha value is -2.45. The molecule has 0 saturated heterocycles. The van der Waals surface area contributed by atoms with Crippen molar-refractivity contribution < 1.29 is 4.92 Å². The lowest BCUT2D eigenvalue weighted by molar-refractivity contribution is -0.480. The molecule has 0 atom stereocenters. The van der Waals surface area contributed by atoms with Crippen molar-refractivity contribution in [2.45, 2.75) is 12.8 Å². The molecule has 0 aliphatic heterocycles. The third-order valence-electron chi connectivity index (χ3n) is 2.97. The molecule has 9 heteroatoms. The molecule has 2 rings (SSSR count). The third-order valence-corrected chi connectivity index (χ3v) is 2.97. The molecular formula is C10H13N5O4. The molecule has 0 saturated carbocycles. The van der Waals surface area contributed by atoms with Crippen molar-refractivity contribution in [3.05, 3.63) is 36.8 Å². The van der Waals surface area contributed by atoms with Gasteiger partial charge in [0.2, 0.25) is 6.54 Å². The van der Waals surface area contributed by atoms with Crippen LogP contribution < -0.4 is 11.2 Å². The first kappa shape index (κ1) is 13.0. The number of aryl methyl sites for hydroxylation is 3. The van der Waals surface area contributed by atoms with Gasteiger partial charge in [-0.25, -0.2) is 9.78 Å². The Morgan fingerprint density at radius 2 is 2.00 bits per heavy atom. The van der Waals surface area contributed by atoms with Gasteiger partial charge in [-0.2, -0.15) is 0 Å². The number of nitrogens with zero attached hydrogens (tertiary/aromatic N) is 4. The highest BCUT2D eigenvalue weighted by Crippen LogP contribution is 2.10. The largest absolute Gasteiger partial charge is 0.329 e. The normalized spacial score (nSPS) is 11.1. The van der Waals surface area contributed by atoms with Gasteiger partial charge in [0.05, 0.1) is 0 Å². The molecule has 0 spiro atoms. The molecule has 0 aromatic carbocycles. The number of H-pyrrole nitrogens is 1. The highest BCUT2D eigenvalue weighted by molar-refractivity contribution is 5.70. The van der Waals surface area contributed by atoms with E-state index in [2.05, 4.69) is 9.97 Å². The molecule has 0 aliphatic rings. The van der Waals surface area contributed by atoms with Gasteiger partial charge in [-0.15, -0.1) is 0 Å². The van der Waals surface area contributed by atoms with Gasteiger partial charge in [0.1, 0.15) is 5.82 Å². The maximum absolute atomic E-state index is 11.7. The first-order chi connectivity index (χ1) is 8.91. The maximum Gasteiger partial charge on any atom is 0.329 e. The smallest absolute Gasteiger partial charge is 0.325 e. The Balaban J connectivity index is 2.48. The summed E-state index contributed by atoms with van der Waals surface area (Å²) < 4.78 is 2.81. The van der Waals surface area contributed by atoms with Crippen molar-refractivity contribution in [3.63, 3.8) is 0 Å². The SMILES string of the molecule is Cn1c(CCC[N+](=O)[O-])nc2c1c(=O)[nH]c(=O)n2C. The zero-order valence-corrected chi connectivity index (χ0v) is 10.5. The average Bonchev–Trinajstić information content (AvgIpc) is 2.64. The summed E-state index contributed by atoms with van der Waals surface area (Å²) in [4.78, 5) is 39.5. The Kier molecular flexibility index (Phi) is 3.19. The van der Waals surface area contributed by atoms with Crippen LogP contribution in [0.1, 0.15) is 12.2 Å². The fourth-order valence-corrected chi connectivity index (χ4v) is 1.94. The van der Waals surface area contributed by atoms with Gasteiger partial charge in [-0.1, -0.05) is 0 Å². The summed E-state index contributed by atoms with van der Waals surface area (Å²) in [5, 5.41) is 10.3. The number of hydrogen-bond donors (Lipinski definition) is 1. The Bertz CT molecular complexity index is 754. The maximum atomic E-state index is 11.7. The van der Waals surface area contributed by atoms with Gasteiger partial charge in [-0.05, 0) is 0 Å². The third kappa shape index (κ3) is 2.26. The molecule has 9 nitrogen and oxygen atoms in total. The second-order valence-electron chi connectivity index (χ2n) is 4.24. The fraction of sp³-hybridized carbons (Fsp3) is 0.500. The van der Waals surface area contributed by atoms with Gasteiger partial charge in [0.25, 0.3) is 5.56 Å². The first-order valence-electron chi connectivity index (χ1n) is 5.68. The van der Waals surface area contributed by atoms with Crippen molar-refractivity contribution in [2.24, 2.45) is 14.1 Å². The number of rotatable bonds is 4. The van der Waals surface area contributed by atoms with Crippen LogP contribution in [0, 0.1) is 10.1 Å². The monoisotopic (exact) mass is 267 g/mol. The minimum atomic E-state index is -0.535. The van der Waals surface area contributed by atoms with Crippen molar-refractivity contribution >= 4 is 11.2 Å². The molecule has 0 radical (unpaired) electrons. The number of aromatic nitrogens is 4. The van der Waals surface area contributed by atoms with E-state index in [1.54, 1.807) is 11.6 Å². The Labute approximate surface area is 106 Å². The van der Waals surface area contributed by atoms with Crippen LogP contribution in [0.5, 0.6) is 0 Å². The predicted octanol–water partition coefficient (Wildman–Crippen LogP) is -0.830. The van der Waals surface area contributed by atoms with Gasteiger partial charge in [0, 0.05) is 31.9 Å². The van der Waals surface area contributed by atoms with E-state index in [4.69, 9.17) is 0 Å². The minimum absolute atomic E-state index is 0.154. The lowest BCUT2D eigenvalue weighted by Crippen LogP contribution is -2.29. The standard InChI is InChI=1S/C10H13N5O4/c1-13-6(4-3-5-15(18)19)11-8-7(13)9(16)12-10(17)14(8)2/h3-5H2,1-2H3,(H,12,16,17). The van der Waals surface area contributed by atoms with Crippen molar-refractivity contribution in [1.82, 2.24) is 19.1 Å². The highest BCUT2D eigenvalue weighted by atomic mass is 16.6. The van der Waals surface area contributed by atoms with Crippen LogP contribution in [0.15, 0.2) is 9.59 Å². The molecule has 1 N–H and O–H groups in total. The van der Waals surface area contributed by atoms with Crippen LogP contribution in [0.3, 0.4) is 0 Å². The molecular weight excluding hydrogens is 254 g/mol. The number of nitro groups is 1. The van der Waals surface area contributed by atoms with Gasteiger partial charge in [-0.3, -0.25) is 24.5 Å². The highest BCUT2D eigenvalue weighted by Gasteiger charge is 2.14. The van der Waals surface area contributed by atoms with E-state index in [0.29, 0.717) is 24.2 Å². The van der Waals surface area contributed by atoms with E-state index in [-0.39, 0.29) is 12.2 Å². The van der Waals surface area contributed by atoms with E-state index >= 15 is 0 Å². The van der Waals surface area contributed by atoms with E-state index in [1.165, 1.54) is 11.6 Å². The molecule has 0 amide bonds. The van der Waals surface area contributed by atoms with Gasteiger partial charge < -0.3 is 4.57 Å². The number of imidazole rings is 1. The summed E-state index contributed by atoms with van der Waals surface area (Å²) in [5.74, 6) is 0.545. The quantitative estimate of drug-likeness (QED) is 0.573. The first-order valence-corrected chi connectivity index (χ1v) is 5.68. The Morgan fingerprint density at radius 1 is 1.32 bits per heavy atom. The molecule has 2 heterocycles. The molecule has 0 unspecified atom stereocenters. The predicted molar refractivity (Wildman–Crippen MR) is 66.8 cm³/mol. The second-order valence-corrected chi connectivity index (χ2v) is 4.24. The van der Waals surface area contributed by atoms with Gasteiger partial charge in [0.15, 0.2) is 11.2 Å². The molecule has 0 aliphatic carbocycles. The van der Waals surface area contributed by atoms with Gasteiger partial charge >= 0.3 is 5.69 Å². The zero-order chi connectivity index (χ0) is 14.2. The second kappa shape index (κ2) is 4.67. The summed E-state index contributed by atoms with van der Waals surface area (Å²) in [6, 6.07) is 0. The van der Waals surface area contributed by atoms with Crippen LogP contribution in [-0.4, -0.2) is 30.6 Å². The van der Waals surface area contributed by atoms with E-state index in [1.807, 2.05) is 0 Å². The van der Waals surface area contributed by atoms with Crippen LogP contribution in [-0.2, 0) is 20.5 Å². The summed E-state index contributed by atoms with van der Waals surface area (Å²) >= 11 is 0. The topological polar surface area (TPSA) is 116 Å². The molecule has 2 aromatic rings. The summed E-state index contributed by atoms with van der Waals surface area (Å²) in [7, 11) is 3.16. The van der Waals surface area contributed by atoms with Crippen LogP contribution in [0.4, 0.5) is 0 Å². The number of fused-ring (bicyclic) bond motifs is 1. The summed E-state index contributed by atoms with van der Waals surface area (Å²) in [5.41, 5.74) is -0.466. The molecule has 102 valence electrons. The lowest BCUT2D eigenvalue weighted by atomic mass is 10.3. The number of hydrogen-bond acceptors (Lipinski definition) is 5. The lowest BCUT2D eigenvalue weighted by Gasteiger charge is -1.99. The summed E-state index contributed by atoms with van der Waals surface area (Å²) in [6.45, 7) is -0.154. The van der Waals surface area contributed by atoms with E-state index in [9.17, 15) is 19.7 Å². The molecule has 0 bridgehead atoms. The number of nitrogens with one attached hydrogen (secondary N) is 1. The zero-order valence-electron chi connectivity index (χ0n) is 10.5. The minimum Gasteiger partial charge on any atom is -0.325 e. The molecule has 0 fully saturated rings. The van der Waals surface area contributed by atoms with Crippen molar-refractivity contribution in [2.75, 3.05) is 6.54 Å². The summed E-state index contributed by atoms with van der Waals surface area (Å²) in [6.07, 6.45) is 0.704. The molecule has 19 heavy (non-hydrogen) atoms. The number of aromatic amines is 1. The van der Waals surface area contributed by atoms with E-state index < -0.39 is 16.2 Å². The van der Waals surface area contributed by atoms with Crippen LogP contribution >= 0.6 is 0 Å². The van der Waals surface area contributed by atoms with Crippen LogP contribution in [0.2, 0.25) is 0 Å². The van der Waals surface area contributed by atoms with E-state index in [0.717, 1.165) is 0 Å². The average molecular weight is 267 g/mol. The fourth-order valence-electron chi connectivity index (χ4n) is 1.94. The molecule has 2 aromatic heterocycles. The Morgan fingerprint density at radius 3 is 2.63 bits per heavy atom. The van der Waals surface area contributed by atoms with Crippen molar-refractivity contribution in [3.8, 4) is 0 Å².